The molecule has 0 fully saturated rings. The lowest BCUT2D eigenvalue weighted by molar-refractivity contribution is 0.617. The average Bonchev–Trinajstić information content (AvgIpc) is 2.22. The fourth-order valence-corrected chi connectivity index (χ4v) is 1.94. The van der Waals surface area contributed by atoms with Crippen LogP contribution >= 0.6 is 0 Å². The molecule has 0 aliphatic heterocycles. The van der Waals surface area contributed by atoms with Gasteiger partial charge in [-0.05, 0) is 25.8 Å². The monoisotopic (exact) mass is 231 g/mol. The second-order valence-corrected chi connectivity index (χ2v) is 5.11. The van der Waals surface area contributed by atoms with Gasteiger partial charge in [0.15, 0.2) is 0 Å². The van der Waals surface area contributed by atoms with Crippen LogP contribution in [0.3, 0.4) is 0 Å². The summed E-state index contributed by atoms with van der Waals surface area (Å²) in [7, 11) is 0. The number of hydrogen-bond acceptors (Lipinski definition) is 1. The smallest absolute Gasteiger partial charge is 0.0170 e. The summed E-state index contributed by atoms with van der Waals surface area (Å²) in [4.78, 5) is 0. The summed E-state index contributed by atoms with van der Waals surface area (Å²) in [6.07, 6.45) is 3.42. The third kappa shape index (κ3) is 5.18. The van der Waals surface area contributed by atoms with Crippen LogP contribution in [-0.4, -0.2) is 12.6 Å². The quantitative estimate of drug-likeness (QED) is 0.804. The van der Waals surface area contributed by atoms with Crippen molar-refractivity contribution in [3.05, 3.63) is 40.5 Å². The lowest BCUT2D eigenvalue weighted by Crippen LogP contribution is -2.24. The Morgan fingerprint density at radius 2 is 1.76 bits per heavy atom. The lowest BCUT2D eigenvalue weighted by Gasteiger charge is -2.10. The van der Waals surface area contributed by atoms with E-state index in [9.17, 15) is 0 Å². The standard InChI is InChI=1S/C16H25N/c1-6-15(11-17-12(2)3)10-16-8-13(4)7-14(5)9-16/h7-10,12,17H,6,11H2,1-5H3. The molecule has 0 aliphatic carbocycles. The summed E-state index contributed by atoms with van der Waals surface area (Å²) in [5, 5.41) is 3.48. The molecule has 0 saturated heterocycles. The Morgan fingerprint density at radius 3 is 2.24 bits per heavy atom. The third-order valence-electron chi connectivity index (χ3n) is 2.81. The van der Waals surface area contributed by atoms with Crippen molar-refractivity contribution in [3.63, 3.8) is 0 Å². The van der Waals surface area contributed by atoms with Crippen LogP contribution in [0, 0.1) is 13.8 Å². The topological polar surface area (TPSA) is 12.0 Å². The fraction of sp³-hybridized carbons (Fsp3) is 0.500. The van der Waals surface area contributed by atoms with E-state index in [-0.39, 0.29) is 0 Å². The van der Waals surface area contributed by atoms with Crippen LogP contribution in [-0.2, 0) is 0 Å². The van der Waals surface area contributed by atoms with Crippen molar-refractivity contribution in [2.24, 2.45) is 0 Å². The van der Waals surface area contributed by atoms with E-state index < -0.39 is 0 Å². The normalized spacial score (nSPS) is 12.2. The van der Waals surface area contributed by atoms with Crippen LogP contribution in [0.15, 0.2) is 23.8 Å². The molecule has 0 amide bonds. The minimum atomic E-state index is 0.546. The Balaban J connectivity index is 2.82. The van der Waals surface area contributed by atoms with Crippen molar-refractivity contribution in [2.75, 3.05) is 6.54 Å². The molecule has 0 spiro atoms. The molecular formula is C16H25N. The highest BCUT2D eigenvalue weighted by Gasteiger charge is 1.99. The first-order chi connectivity index (χ1) is 8.01. The Labute approximate surface area is 106 Å². The van der Waals surface area contributed by atoms with Gasteiger partial charge in [-0.25, -0.2) is 0 Å². The van der Waals surface area contributed by atoms with Gasteiger partial charge in [-0.15, -0.1) is 0 Å². The van der Waals surface area contributed by atoms with Crippen molar-refractivity contribution < 1.29 is 0 Å². The van der Waals surface area contributed by atoms with Gasteiger partial charge in [0.1, 0.15) is 0 Å². The van der Waals surface area contributed by atoms with Gasteiger partial charge in [0.25, 0.3) is 0 Å². The summed E-state index contributed by atoms with van der Waals surface area (Å²) < 4.78 is 0. The maximum Gasteiger partial charge on any atom is 0.0170 e. The Hall–Kier alpha value is -1.08. The van der Waals surface area contributed by atoms with Crippen LogP contribution in [0.2, 0.25) is 0 Å². The molecule has 1 nitrogen and oxygen atoms in total. The van der Waals surface area contributed by atoms with E-state index in [4.69, 9.17) is 0 Å². The molecule has 17 heavy (non-hydrogen) atoms. The SMILES string of the molecule is CCC(=Cc1cc(C)cc(C)c1)CNC(C)C. The first-order valence-corrected chi connectivity index (χ1v) is 6.52. The van der Waals surface area contributed by atoms with Gasteiger partial charge in [-0.2, -0.15) is 0 Å². The molecule has 1 N–H and O–H groups in total. The Kier molecular flexibility index (Phi) is 5.43. The summed E-state index contributed by atoms with van der Waals surface area (Å²) in [6, 6.07) is 7.26. The van der Waals surface area contributed by atoms with E-state index in [0.29, 0.717) is 6.04 Å². The Bertz CT molecular complexity index is 368. The molecule has 0 saturated carbocycles. The van der Waals surface area contributed by atoms with E-state index in [0.717, 1.165) is 13.0 Å². The molecule has 0 aliphatic rings. The largest absolute Gasteiger partial charge is 0.311 e. The predicted molar refractivity (Wildman–Crippen MR) is 77.3 cm³/mol. The van der Waals surface area contributed by atoms with E-state index >= 15 is 0 Å². The van der Waals surface area contributed by atoms with Crippen molar-refractivity contribution in [3.8, 4) is 0 Å². The first-order valence-electron chi connectivity index (χ1n) is 6.52. The number of hydrogen-bond donors (Lipinski definition) is 1. The van der Waals surface area contributed by atoms with Gasteiger partial charge in [-0.1, -0.05) is 61.7 Å². The number of aryl methyl sites for hydroxylation is 2. The minimum Gasteiger partial charge on any atom is -0.311 e. The highest BCUT2D eigenvalue weighted by Crippen LogP contribution is 2.14. The molecule has 1 aromatic rings. The van der Waals surface area contributed by atoms with Crippen LogP contribution in [0.4, 0.5) is 0 Å². The molecule has 0 aromatic heterocycles. The van der Waals surface area contributed by atoms with Gasteiger partial charge < -0.3 is 5.32 Å². The van der Waals surface area contributed by atoms with Gasteiger partial charge in [0, 0.05) is 12.6 Å². The molecule has 1 rings (SSSR count). The molecule has 0 heterocycles. The maximum absolute atomic E-state index is 3.48. The summed E-state index contributed by atoms with van der Waals surface area (Å²) in [5.74, 6) is 0. The first kappa shape index (κ1) is 14.0. The zero-order valence-corrected chi connectivity index (χ0v) is 11.8. The number of benzene rings is 1. The maximum atomic E-state index is 3.48. The molecule has 1 heteroatoms. The number of rotatable bonds is 5. The summed E-state index contributed by atoms with van der Waals surface area (Å²) in [5.41, 5.74) is 5.46. The van der Waals surface area contributed by atoms with Crippen LogP contribution in [0.1, 0.15) is 43.9 Å². The van der Waals surface area contributed by atoms with Crippen LogP contribution < -0.4 is 5.32 Å². The summed E-state index contributed by atoms with van der Waals surface area (Å²) >= 11 is 0. The van der Waals surface area contributed by atoms with Crippen molar-refractivity contribution >= 4 is 6.08 Å². The van der Waals surface area contributed by atoms with Crippen molar-refractivity contribution in [1.82, 2.24) is 5.32 Å². The molecule has 94 valence electrons. The van der Waals surface area contributed by atoms with Gasteiger partial charge >= 0.3 is 0 Å². The van der Waals surface area contributed by atoms with Crippen molar-refractivity contribution in [2.45, 2.75) is 47.1 Å². The van der Waals surface area contributed by atoms with Crippen LogP contribution in [0.5, 0.6) is 0 Å². The highest BCUT2D eigenvalue weighted by atomic mass is 14.9. The van der Waals surface area contributed by atoms with Gasteiger partial charge in [-0.3, -0.25) is 0 Å². The van der Waals surface area contributed by atoms with E-state index in [1.54, 1.807) is 0 Å². The average molecular weight is 231 g/mol. The molecule has 0 radical (unpaired) electrons. The van der Waals surface area contributed by atoms with E-state index in [1.165, 1.54) is 22.3 Å². The zero-order chi connectivity index (χ0) is 12.8. The molecule has 0 atom stereocenters. The molecule has 1 aromatic carbocycles. The minimum absolute atomic E-state index is 0.546. The summed E-state index contributed by atoms with van der Waals surface area (Å²) in [6.45, 7) is 11.9. The van der Waals surface area contributed by atoms with Crippen LogP contribution in [0.25, 0.3) is 6.08 Å². The molecule has 0 bridgehead atoms. The van der Waals surface area contributed by atoms with Gasteiger partial charge in [0.2, 0.25) is 0 Å². The zero-order valence-electron chi connectivity index (χ0n) is 11.8. The van der Waals surface area contributed by atoms with Crippen molar-refractivity contribution in [1.29, 1.82) is 0 Å². The van der Waals surface area contributed by atoms with E-state index in [1.807, 2.05) is 0 Å². The van der Waals surface area contributed by atoms with E-state index in [2.05, 4.69) is 64.2 Å². The van der Waals surface area contributed by atoms with Gasteiger partial charge in [0.05, 0.1) is 0 Å². The molecule has 0 unspecified atom stereocenters. The third-order valence-corrected chi connectivity index (χ3v) is 2.81. The second-order valence-electron chi connectivity index (χ2n) is 5.11. The second kappa shape index (κ2) is 6.61. The predicted octanol–water partition coefficient (Wildman–Crippen LogP) is 4.09. The fourth-order valence-electron chi connectivity index (χ4n) is 1.94. The Morgan fingerprint density at radius 1 is 1.18 bits per heavy atom. The number of nitrogens with one attached hydrogen (secondary N) is 1. The lowest BCUT2D eigenvalue weighted by atomic mass is 10.0. The highest BCUT2D eigenvalue weighted by molar-refractivity contribution is 5.55. The molecular weight excluding hydrogens is 206 g/mol.